The number of hydrogen-bond acceptors (Lipinski definition) is 5. The molecule has 2 aliphatic rings. The Morgan fingerprint density at radius 1 is 1.14 bits per heavy atom. The van der Waals surface area contributed by atoms with Gasteiger partial charge in [-0.15, -0.1) is 12.4 Å². The first-order chi connectivity index (χ1) is 10.0. The molecule has 22 heavy (non-hydrogen) atoms. The number of sulfonamides is 1. The summed E-state index contributed by atoms with van der Waals surface area (Å²) in [5.41, 5.74) is 0. The minimum atomic E-state index is -3.42. The fourth-order valence-corrected chi connectivity index (χ4v) is 5.69. The van der Waals surface area contributed by atoms with Crippen molar-refractivity contribution in [3.8, 4) is 0 Å². The van der Waals surface area contributed by atoms with Gasteiger partial charge in [0, 0.05) is 19.1 Å². The Bertz CT molecular complexity index is 463. The summed E-state index contributed by atoms with van der Waals surface area (Å²) in [5.74, 6) is -0.885. The zero-order valence-electron chi connectivity index (χ0n) is 13.3. The average Bonchev–Trinajstić information content (AvgIpc) is 2.54. The molecule has 2 atom stereocenters. The standard InChI is InChI=1S/C14H26N2O4S.ClH/c1-15-11-7-9-16(10-8-11)21(18,19)13-6-4-3-5-12(13)14(17)20-2;/h11-13,15H,3-10H2,1-2H3;1H. The third kappa shape index (κ3) is 4.13. The van der Waals surface area contributed by atoms with Crippen molar-refractivity contribution in [2.24, 2.45) is 5.92 Å². The number of rotatable bonds is 4. The molecule has 1 aliphatic carbocycles. The van der Waals surface area contributed by atoms with Crippen molar-refractivity contribution in [1.82, 2.24) is 9.62 Å². The van der Waals surface area contributed by atoms with Crippen LogP contribution in [0.2, 0.25) is 0 Å². The zero-order chi connectivity index (χ0) is 15.5. The summed E-state index contributed by atoms with van der Waals surface area (Å²) in [6.45, 7) is 1.08. The summed E-state index contributed by atoms with van der Waals surface area (Å²) in [7, 11) is -0.178. The maximum atomic E-state index is 12.9. The smallest absolute Gasteiger partial charge is 0.310 e. The molecule has 0 amide bonds. The summed E-state index contributed by atoms with van der Waals surface area (Å²) in [6, 6.07) is 0.388. The van der Waals surface area contributed by atoms with E-state index < -0.39 is 21.2 Å². The molecule has 1 heterocycles. The molecule has 0 radical (unpaired) electrons. The number of nitrogens with zero attached hydrogens (tertiary/aromatic N) is 1. The molecule has 2 rings (SSSR count). The third-order valence-corrected chi connectivity index (χ3v) is 7.23. The van der Waals surface area contributed by atoms with Crippen LogP contribution in [-0.2, 0) is 19.6 Å². The molecule has 0 bridgehead atoms. The van der Waals surface area contributed by atoms with E-state index in [2.05, 4.69) is 5.32 Å². The van der Waals surface area contributed by atoms with Gasteiger partial charge in [-0.05, 0) is 32.7 Å². The molecule has 0 spiro atoms. The topological polar surface area (TPSA) is 75.7 Å². The van der Waals surface area contributed by atoms with Crippen molar-refractivity contribution in [1.29, 1.82) is 0 Å². The molecular formula is C14H27ClN2O4S. The quantitative estimate of drug-likeness (QED) is 0.766. The Labute approximate surface area is 139 Å². The lowest BCUT2D eigenvalue weighted by molar-refractivity contribution is -0.146. The van der Waals surface area contributed by atoms with Gasteiger partial charge in [-0.3, -0.25) is 4.79 Å². The molecule has 2 unspecified atom stereocenters. The lowest BCUT2D eigenvalue weighted by Crippen LogP contribution is -2.50. The Kier molecular flexibility index (Phi) is 7.58. The largest absolute Gasteiger partial charge is 0.469 e. The lowest BCUT2D eigenvalue weighted by atomic mass is 9.89. The van der Waals surface area contributed by atoms with E-state index in [4.69, 9.17) is 4.74 Å². The van der Waals surface area contributed by atoms with Crippen LogP contribution in [-0.4, -0.2) is 57.2 Å². The Morgan fingerprint density at radius 2 is 1.73 bits per heavy atom. The number of esters is 1. The predicted octanol–water partition coefficient (Wildman–Crippen LogP) is 1.15. The van der Waals surface area contributed by atoms with E-state index in [1.807, 2.05) is 7.05 Å². The van der Waals surface area contributed by atoms with Gasteiger partial charge in [-0.25, -0.2) is 12.7 Å². The Morgan fingerprint density at radius 3 is 2.27 bits per heavy atom. The van der Waals surface area contributed by atoms with E-state index in [9.17, 15) is 13.2 Å². The number of ether oxygens (including phenoxy) is 1. The van der Waals surface area contributed by atoms with Crippen molar-refractivity contribution in [2.75, 3.05) is 27.2 Å². The van der Waals surface area contributed by atoms with Gasteiger partial charge in [0.15, 0.2) is 0 Å². The summed E-state index contributed by atoms with van der Waals surface area (Å²) in [5, 5.41) is 2.59. The second kappa shape index (κ2) is 8.47. The van der Waals surface area contributed by atoms with Gasteiger partial charge >= 0.3 is 5.97 Å². The van der Waals surface area contributed by atoms with E-state index in [1.54, 1.807) is 4.31 Å². The predicted molar refractivity (Wildman–Crippen MR) is 87.6 cm³/mol. The SMILES string of the molecule is CNC1CCN(S(=O)(=O)C2CCCCC2C(=O)OC)CC1.Cl. The second-order valence-electron chi connectivity index (χ2n) is 5.96. The highest BCUT2D eigenvalue weighted by Gasteiger charge is 2.43. The average molecular weight is 355 g/mol. The van der Waals surface area contributed by atoms with Crippen molar-refractivity contribution >= 4 is 28.4 Å². The highest BCUT2D eigenvalue weighted by atomic mass is 35.5. The highest BCUT2D eigenvalue weighted by molar-refractivity contribution is 7.89. The molecule has 0 aromatic carbocycles. The number of piperidine rings is 1. The number of carbonyl (C=O) groups is 1. The molecule has 1 N–H and O–H groups in total. The van der Waals surface area contributed by atoms with E-state index in [0.717, 1.165) is 25.7 Å². The summed E-state index contributed by atoms with van der Waals surface area (Å²) in [4.78, 5) is 11.9. The van der Waals surface area contributed by atoms with Crippen LogP contribution >= 0.6 is 12.4 Å². The van der Waals surface area contributed by atoms with Crippen LogP contribution in [0.1, 0.15) is 38.5 Å². The number of halogens is 1. The molecule has 1 aliphatic heterocycles. The monoisotopic (exact) mass is 354 g/mol. The van der Waals surface area contributed by atoms with Gasteiger partial charge in [-0.1, -0.05) is 12.8 Å². The Balaban J connectivity index is 0.00000242. The number of methoxy groups -OCH3 is 1. The minimum absolute atomic E-state index is 0. The van der Waals surface area contributed by atoms with Crippen LogP contribution in [0.4, 0.5) is 0 Å². The molecule has 6 nitrogen and oxygen atoms in total. The fourth-order valence-electron chi connectivity index (χ4n) is 3.46. The van der Waals surface area contributed by atoms with E-state index in [1.165, 1.54) is 7.11 Å². The zero-order valence-corrected chi connectivity index (χ0v) is 14.9. The summed E-state index contributed by atoms with van der Waals surface area (Å²) in [6.07, 6.45) is 4.59. The maximum absolute atomic E-state index is 12.9. The number of nitrogens with one attached hydrogen (secondary N) is 1. The van der Waals surface area contributed by atoms with Crippen molar-refractivity contribution < 1.29 is 17.9 Å². The molecule has 1 saturated heterocycles. The van der Waals surface area contributed by atoms with Gasteiger partial charge in [0.25, 0.3) is 0 Å². The van der Waals surface area contributed by atoms with Crippen LogP contribution in [0.3, 0.4) is 0 Å². The number of carbonyl (C=O) groups excluding carboxylic acids is 1. The maximum Gasteiger partial charge on any atom is 0.310 e. The van der Waals surface area contributed by atoms with Gasteiger partial charge in [0.1, 0.15) is 0 Å². The lowest BCUT2D eigenvalue weighted by Gasteiger charge is -2.37. The van der Waals surface area contributed by atoms with Crippen molar-refractivity contribution in [3.63, 3.8) is 0 Å². The summed E-state index contributed by atoms with van der Waals surface area (Å²) >= 11 is 0. The van der Waals surface area contributed by atoms with Gasteiger partial charge in [-0.2, -0.15) is 0 Å². The van der Waals surface area contributed by atoms with Crippen molar-refractivity contribution in [2.45, 2.75) is 49.8 Å². The van der Waals surface area contributed by atoms with E-state index in [-0.39, 0.29) is 18.4 Å². The van der Waals surface area contributed by atoms with Gasteiger partial charge in [0.2, 0.25) is 10.0 Å². The van der Waals surface area contributed by atoms with Crippen LogP contribution in [0.5, 0.6) is 0 Å². The minimum Gasteiger partial charge on any atom is -0.469 e. The second-order valence-corrected chi connectivity index (χ2v) is 8.11. The van der Waals surface area contributed by atoms with E-state index >= 15 is 0 Å². The molecule has 0 aromatic rings. The van der Waals surface area contributed by atoms with Gasteiger partial charge < -0.3 is 10.1 Å². The fraction of sp³-hybridized carbons (Fsp3) is 0.929. The van der Waals surface area contributed by atoms with Gasteiger partial charge in [0.05, 0.1) is 18.3 Å². The van der Waals surface area contributed by atoms with Crippen LogP contribution in [0, 0.1) is 5.92 Å². The molecular weight excluding hydrogens is 328 g/mol. The molecule has 2 fully saturated rings. The first-order valence-electron chi connectivity index (χ1n) is 7.74. The third-order valence-electron chi connectivity index (χ3n) is 4.81. The van der Waals surface area contributed by atoms with Crippen LogP contribution < -0.4 is 5.32 Å². The van der Waals surface area contributed by atoms with Crippen LogP contribution in [0.15, 0.2) is 0 Å². The first kappa shape index (κ1) is 19.7. The van der Waals surface area contributed by atoms with E-state index in [0.29, 0.717) is 32.0 Å². The Hall–Kier alpha value is -0.370. The molecule has 0 aromatic heterocycles. The molecule has 8 heteroatoms. The molecule has 1 saturated carbocycles. The van der Waals surface area contributed by atoms with Crippen LogP contribution in [0.25, 0.3) is 0 Å². The highest BCUT2D eigenvalue weighted by Crippen LogP contribution is 2.33. The van der Waals surface area contributed by atoms with Crippen molar-refractivity contribution in [3.05, 3.63) is 0 Å². The number of hydrogen-bond donors (Lipinski definition) is 1. The summed E-state index contributed by atoms with van der Waals surface area (Å²) < 4.78 is 32.1. The molecule has 130 valence electrons. The first-order valence-corrected chi connectivity index (χ1v) is 9.25. The normalized spacial score (nSPS) is 27.9.